The smallest absolute Gasteiger partial charge is 0.281 e. The summed E-state index contributed by atoms with van der Waals surface area (Å²) in [5, 5.41) is 6.06. The third kappa shape index (κ3) is 2.90. The van der Waals surface area contributed by atoms with Crippen LogP contribution in [0.25, 0.3) is 0 Å². The molecule has 0 radical (unpaired) electrons. The van der Waals surface area contributed by atoms with E-state index >= 15 is 0 Å². The molecule has 1 N–H and O–H groups in total. The topological polar surface area (TPSA) is 44.7 Å². The third-order valence-electron chi connectivity index (χ3n) is 2.62. The molecule has 16 heavy (non-hydrogen) atoms. The predicted molar refractivity (Wildman–Crippen MR) is 66.0 cm³/mol. The quantitative estimate of drug-likeness (QED) is 0.793. The standard InChI is InChI=1S/C11H15N3OS/c1-14-6-4-9(5-7-14)12-13-11(15)10-3-2-8-16-10/h2-3,8H,4-7H2,1H3,(H,13,15). The van der Waals surface area contributed by atoms with Crippen LogP contribution in [0.3, 0.4) is 0 Å². The van der Waals surface area contributed by atoms with E-state index < -0.39 is 0 Å². The van der Waals surface area contributed by atoms with Gasteiger partial charge in [-0.05, 0) is 18.5 Å². The summed E-state index contributed by atoms with van der Waals surface area (Å²) in [7, 11) is 2.10. The van der Waals surface area contributed by atoms with Gasteiger partial charge >= 0.3 is 0 Å². The molecule has 2 heterocycles. The van der Waals surface area contributed by atoms with Crippen molar-refractivity contribution < 1.29 is 4.79 Å². The summed E-state index contributed by atoms with van der Waals surface area (Å²) in [6.07, 6.45) is 1.89. The van der Waals surface area contributed by atoms with Crippen LogP contribution in [0.2, 0.25) is 0 Å². The highest BCUT2D eigenvalue weighted by Crippen LogP contribution is 2.08. The molecule has 1 amide bonds. The van der Waals surface area contributed by atoms with Crippen molar-refractivity contribution in [2.75, 3.05) is 20.1 Å². The van der Waals surface area contributed by atoms with Crippen LogP contribution < -0.4 is 5.43 Å². The van der Waals surface area contributed by atoms with E-state index in [9.17, 15) is 4.79 Å². The molecule has 5 heteroatoms. The molecule has 0 aromatic carbocycles. The second kappa shape index (κ2) is 5.23. The normalized spacial score (nSPS) is 17.2. The number of amides is 1. The number of hydrogen-bond donors (Lipinski definition) is 1. The summed E-state index contributed by atoms with van der Waals surface area (Å²) in [6.45, 7) is 2.04. The van der Waals surface area contributed by atoms with Crippen LogP contribution in [0.4, 0.5) is 0 Å². The monoisotopic (exact) mass is 237 g/mol. The van der Waals surface area contributed by atoms with Gasteiger partial charge in [-0.1, -0.05) is 6.07 Å². The van der Waals surface area contributed by atoms with Crippen molar-refractivity contribution in [3.63, 3.8) is 0 Å². The Hall–Kier alpha value is -1.20. The Morgan fingerprint density at radius 2 is 2.25 bits per heavy atom. The van der Waals surface area contributed by atoms with Crippen LogP contribution in [-0.4, -0.2) is 36.7 Å². The Kier molecular flexibility index (Phi) is 3.69. The maximum Gasteiger partial charge on any atom is 0.281 e. The zero-order chi connectivity index (χ0) is 11.4. The Morgan fingerprint density at radius 1 is 1.50 bits per heavy atom. The van der Waals surface area contributed by atoms with Gasteiger partial charge in [0, 0.05) is 31.6 Å². The lowest BCUT2D eigenvalue weighted by Crippen LogP contribution is -2.31. The molecule has 1 fully saturated rings. The number of likely N-dealkylation sites (tertiary alicyclic amines) is 1. The molecule has 0 unspecified atom stereocenters. The first kappa shape index (κ1) is 11.3. The van der Waals surface area contributed by atoms with Gasteiger partial charge in [0.1, 0.15) is 0 Å². The summed E-state index contributed by atoms with van der Waals surface area (Å²) in [4.78, 5) is 14.6. The van der Waals surface area contributed by atoms with Gasteiger partial charge in [0.2, 0.25) is 0 Å². The van der Waals surface area contributed by atoms with Crippen molar-refractivity contribution in [2.45, 2.75) is 12.8 Å². The average Bonchev–Trinajstić information content (AvgIpc) is 2.81. The fraction of sp³-hybridized carbons (Fsp3) is 0.455. The van der Waals surface area contributed by atoms with Gasteiger partial charge in [0.15, 0.2) is 0 Å². The molecule has 1 aromatic heterocycles. The summed E-state index contributed by atoms with van der Waals surface area (Å²) in [5.41, 5.74) is 3.70. The number of nitrogens with zero attached hydrogens (tertiary/aromatic N) is 2. The number of piperidine rings is 1. The molecule has 0 bridgehead atoms. The first-order valence-electron chi connectivity index (χ1n) is 5.33. The van der Waals surface area contributed by atoms with Crippen molar-refractivity contribution in [1.82, 2.24) is 10.3 Å². The van der Waals surface area contributed by atoms with Crippen molar-refractivity contribution in [1.29, 1.82) is 0 Å². The summed E-state index contributed by atoms with van der Waals surface area (Å²) in [5.74, 6) is -0.110. The molecule has 0 atom stereocenters. The molecular weight excluding hydrogens is 222 g/mol. The van der Waals surface area contributed by atoms with Crippen molar-refractivity contribution in [2.24, 2.45) is 5.10 Å². The number of hydrazone groups is 1. The molecule has 4 nitrogen and oxygen atoms in total. The fourth-order valence-corrected chi connectivity index (χ4v) is 2.19. The van der Waals surface area contributed by atoms with Crippen molar-refractivity contribution in [3.05, 3.63) is 22.4 Å². The van der Waals surface area contributed by atoms with Gasteiger partial charge < -0.3 is 4.90 Å². The van der Waals surface area contributed by atoms with Gasteiger partial charge in [-0.2, -0.15) is 5.10 Å². The highest BCUT2D eigenvalue weighted by atomic mass is 32.1. The number of carbonyl (C=O) groups excluding carboxylic acids is 1. The first-order chi connectivity index (χ1) is 7.75. The lowest BCUT2D eigenvalue weighted by molar-refractivity contribution is 0.0958. The molecule has 0 spiro atoms. The molecular formula is C11H15N3OS. The number of carbonyl (C=O) groups is 1. The maximum absolute atomic E-state index is 11.6. The van der Waals surface area contributed by atoms with E-state index in [0.717, 1.165) is 31.6 Å². The highest BCUT2D eigenvalue weighted by molar-refractivity contribution is 7.12. The Morgan fingerprint density at radius 3 is 2.88 bits per heavy atom. The van der Waals surface area contributed by atoms with Crippen LogP contribution in [0.1, 0.15) is 22.5 Å². The molecule has 1 aromatic rings. The third-order valence-corrected chi connectivity index (χ3v) is 3.49. The van der Waals surface area contributed by atoms with E-state index in [1.165, 1.54) is 11.3 Å². The van der Waals surface area contributed by atoms with Gasteiger partial charge in [0.05, 0.1) is 4.88 Å². The minimum absolute atomic E-state index is 0.110. The van der Waals surface area contributed by atoms with Gasteiger partial charge in [-0.15, -0.1) is 11.3 Å². The van der Waals surface area contributed by atoms with Gasteiger partial charge in [-0.3, -0.25) is 4.79 Å². The molecule has 2 rings (SSSR count). The summed E-state index contributed by atoms with van der Waals surface area (Å²) < 4.78 is 0. The molecule has 1 saturated heterocycles. The number of hydrogen-bond acceptors (Lipinski definition) is 4. The summed E-state index contributed by atoms with van der Waals surface area (Å²) in [6, 6.07) is 3.66. The van der Waals surface area contributed by atoms with E-state index in [-0.39, 0.29) is 5.91 Å². The van der Waals surface area contributed by atoms with Gasteiger partial charge in [0.25, 0.3) is 5.91 Å². The minimum atomic E-state index is -0.110. The van der Waals surface area contributed by atoms with E-state index in [1.807, 2.05) is 11.4 Å². The van der Waals surface area contributed by atoms with Crippen LogP contribution in [-0.2, 0) is 0 Å². The highest BCUT2D eigenvalue weighted by Gasteiger charge is 2.12. The SMILES string of the molecule is CN1CCC(=NNC(=O)c2cccs2)CC1. The second-order valence-corrected chi connectivity index (χ2v) is 4.85. The maximum atomic E-state index is 11.6. The van der Waals surface area contributed by atoms with Crippen molar-refractivity contribution >= 4 is 23.0 Å². The molecule has 86 valence electrons. The van der Waals surface area contributed by atoms with Crippen LogP contribution in [0.15, 0.2) is 22.6 Å². The molecule has 1 aliphatic heterocycles. The lowest BCUT2D eigenvalue weighted by atomic mass is 10.1. The zero-order valence-electron chi connectivity index (χ0n) is 9.27. The van der Waals surface area contributed by atoms with E-state index in [1.54, 1.807) is 6.07 Å². The van der Waals surface area contributed by atoms with Gasteiger partial charge in [-0.25, -0.2) is 5.43 Å². The largest absolute Gasteiger partial charge is 0.306 e. The Labute approximate surface area is 99.0 Å². The number of rotatable bonds is 2. The lowest BCUT2D eigenvalue weighted by Gasteiger charge is -2.22. The number of nitrogens with one attached hydrogen (secondary N) is 1. The fourth-order valence-electron chi connectivity index (χ4n) is 1.58. The summed E-state index contributed by atoms with van der Waals surface area (Å²) >= 11 is 1.43. The van der Waals surface area contributed by atoms with E-state index in [4.69, 9.17) is 0 Å². The molecule has 1 aliphatic rings. The zero-order valence-corrected chi connectivity index (χ0v) is 10.1. The van der Waals surface area contributed by atoms with Crippen molar-refractivity contribution in [3.8, 4) is 0 Å². The van der Waals surface area contributed by atoms with E-state index in [2.05, 4.69) is 22.5 Å². The Bertz CT molecular complexity index is 376. The number of thiophene rings is 1. The van der Waals surface area contributed by atoms with Crippen LogP contribution in [0.5, 0.6) is 0 Å². The van der Waals surface area contributed by atoms with E-state index in [0.29, 0.717) is 4.88 Å². The molecule has 0 saturated carbocycles. The predicted octanol–water partition coefficient (Wildman–Crippen LogP) is 1.56. The average molecular weight is 237 g/mol. The first-order valence-corrected chi connectivity index (χ1v) is 6.21. The second-order valence-electron chi connectivity index (χ2n) is 3.90. The molecule has 0 aliphatic carbocycles. The minimum Gasteiger partial charge on any atom is -0.306 e. The Balaban J connectivity index is 1.87. The van der Waals surface area contributed by atoms with Crippen LogP contribution in [0, 0.1) is 0 Å². The van der Waals surface area contributed by atoms with Crippen LogP contribution >= 0.6 is 11.3 Å².